The minimum Gasteiger partial charge on any atom is -0.497 e. The number of methoxy groups -OCH3 is 1. The highest BCUT2D eigenvalue weighted by Crippen LogP contribution is 2.33. The van der Waals surface area contributed by atoms with Crippen LogP contribution in [0.5, 0.6) is 5.75 Å². The number of hydrogen-bond donors (Lipinski definition) is 0. The quantitative estimate of drug-likeness (QED) is 0.358. The van der Waals surface area contributed by atoms with E-state index in [1.54, 1.807) is 47.3 Å². The van der Waals surface area contributed by atoms with Crippen LogP contribution in [0.3, 0.4) is 0 Å². The van der Waals surface area contributed by atoms with Gasteiger partial charge in [0.1, 0.15) is 5.75 Å². The lowest BCUT2D eigenvalue weighted by molar-refractivity contribution is 0.0963. The van der Waals surface area contributed by atoms with Gasteiger partial charge in [-0.1, -0.05) is 25.4 Å². The lowest BCUT2D eigenvalue weighted by Crippen LogP contribution is -2.13. The third kappa shape index (κ3) is 3.75. The van der Waals surface area contributed by atoms with Gasteiger partial charge in [-0.05, 0) is 60.9 Å². The standard InChI is InChI=1S/C24H23ClN2O2S/c1-14(2)21-13-30-23(26-21)12-19-15(3)27(22-10-9-18(29-4)11-20(19)22)24(28)16-5-7-17(25)8-6-16/h5-11,13-14H,12H2,1-4H3. The van der Waals surface area contributed by atoms with Gasteiger partial charge in [-0.2, -0.15) is 0 Å². The van der Waals surface area contributed by atoms with Crippen LogP contribution >= 0.6 is 22.9 Å². The summed E-state index contributed by atoms with van der Waals surface area (Å²) in [4.78, 5) is 18.2. The molecule has 0 saturated carbocycles. The zero-order valence-corrected chi connectivity index (χ0v) is 19.0. The number of aromatic nitrogens is 2. The van der Waals surface area contributed by atoms with Crippen LogP contribution in [0.15, 0.2) is 47.8 Å². The van der Waals surface area contributed by atoms with Crippen molar-refractivity contribution in [1.82, 2.24) is 9.55 Å². The molecule has 0 saturated heterocycles. The third-order valence-corrected chi connectivity index (χ3v) is 6.44. The van der Waals surface area contributed by atoms with Gasteiger partial charge in [-0.15, -0.1) is 11.3 Å². The molecule has 4 aromatic rings. The summed E-state index contributed by atoms with van der Waals surface area (Å²) in [7, 11) is 1.65. The Morgan fingerprint density at radius 2 is 1.93 bits per heavy atom. The number of halogens is 1. The second kappa shape index (κ2) is 8.25. The van der Waals surface area contributed by atoms with Crippen LogP contribution in [0, 0.1) is 6.92 Å². The molecular weight excluding hydrogens is 416 g/mol. The first-order valence-electron chi connectivity index (χ1n) is 9.81. The highest BCUT2D eigenvalue weighted by molar-refractivity contribution is 7.09. The number of rotatable bonds is 5. The van der Waals surface area contributed by atoms with E-state index in [1.807, 2.05) is 25.1 Å². The SMILES string of the molecule is COc1ccc2c(c1)c(Cc1nc(C(C)C)cs1)c(C)n2C(=O)c1ccc(Cl)cc1. The second-order valence-electron chi connectivity index (χ2n) is 7.59. The van der Waals surface area contributed by atoms with Crippen LogP contribution in [0.4, 0.5) is 0 Å². The van der Waals surface area contributed by atoms with Crippen molar-refractivity contribution in [3.63, 3.8) is 0 Å². The van der Waals surface area contributed by atoms with Crippen molar-refractivity contribution >= 4 is 39.7 Å². The van der Waals surface area contributed by atoms with E-state index < -0.39 is 0 Å². The van der Waals surface area contributed by atoms with Gasteiger partial charge in [0, 0.05) is 33.5 Å². The lowest BCUT2D eigenvalue weighted by atomic mass is 10.1. The summed E-state index contributed by atoms with van der Waals surface area (Å²) in [5, 5.41) is 4.78. The molecule has 0 amide bonds. The zero-order valence-electron chi connectivity index (χ0n) is 17.4. The first kappa shape index (κ1) is 20.6. The Balaban J connectivity index is 1.85. The van der Waals surface area contributed by atoms with Gasteiger partial charge in [0.05, 0.1) is 23.3 Å². The minimum absolute atomic E-state index is 0.0763. The zero-order chi connectivity index (χ0) is 21.4. The van der Waals surface area contributed by atoms with Crippen LogP contribution in [0.2, 0.25) is 5.02 Å². The number of fused-ring (bicyclic) bond motifs is 1. The van der Waals surface area contributed by atoms with Crippen LogP contribution in [0.25, 0.3) is 10.9 Å². The highest BCUT2D eigenvalue weighted by Gasteiger charge is 2.21. The number of hydrogen-bond acceptors (Lipinski definition) is 4. The Morgan fingerprint density at radius 1 is 1.20 bits per heavy atom. The van der Waals surface area contributed by atoms with E-state index in [1.165, 1.54) is 0 Å². The van der Waals surface area contributed by atoms with Crippen molar-refractivity contribution in [2.24, 2.45) is 0 Å². The first-order valence-corrected chi connectivity index (χ1v) is 11.1. The van der Waals surface area contributed by atoms with Crippen molar-refractivity contribution in [3.05, 3.63) is 80.4 Å². The Hall–Kier alpha value is -2.63. The second-order valence-corrected chi connectivity index (χ2v) is 8.97. The van der Waals surface area contributed by atoms with E-state index in [4.69, 9.17) is 21.3 Å². The van der Waals surface area contributed by atoms with Crippen molar-refractivity contribution < 1.29 is 9.53 Å². The number of thiazole rings is 1. The highest BCUT2D eigenvalue weighted by atomic mass is 35.5. The maximum Gasteiger partial charge on any atom is 0.262 e. The maximum atomic E-state index is 13.4. The van der Waals surface area contributed by atoms with Crippen molar-refractivity contribution in [2.45, 2.75) is 33.1 Å². The lowest BCUT2D eigenvalue weighted by Gasteiger charge is -2.08. The molecule has 0 unspecified atom stereocenters. The molecule has 2 aromatic carbocycles. The number of benzene rings is 2. The van der Waals surface area contributed by atoms with Gasteiger partial charge in [-0.3, -0.25) is 9.36 Å². The third-order valence-electron chi connectivity index (χ3n) is 5.33. The van der Waals surface area contributed by atoms with Crippen molar-refractivity contribution in [3.8, 4) is 5.75 Å². The van der Waals surface area contributed by atoms with E-state index in [0.29, 0.717) is 22.9 Å². The van der Waals surface area contributed by atoms with E-state index in [2.05, 4.69) is 19.2 Å². The van der Waals surface area contributed by atoms with E-state index in [-0.39, 0.29) is 5.91 Å². The Kier molecular flexibility index (Phi) is 5.67. The van der Waals surface area contributed by atoms with Crippen molar-refractivity contribution in [2.75, 3.05) is 7.11 Å². The van der Waals surface area contributed by atoms with Gasteiger partial charge in [0.15, 0.2) is 0 Å². The molecule has 4 nitrogen and oxygen atoms in total. The van der Waals surface area contributed by atoms with Crippen LogP contribution in [-0.4, -0.2) is 22.6 Å². The molecule has 0 N–H and O–H groups in total. The molecule has 6 heteroatoms. The molecule has 154 valence electrons. The summed E-state index contributed by atoms with van der Waals surface area (Å²) >= 11 is 7.67. The molecule has 0 atom stereocenters. The molecule has 2 aromatic heterocycles. The molecule has 0 aliphatic heterocycles. The fraction of sp³-hybridized carbons (Fsp3) is 0.250. The largest absolute Gasteiger partial charge is 0.497 e. The average molecular weight is 439 g/mol. The predicted molar refractivity (Wildman–Crippen MR) is 123 cm³/mol. The molecule has 0 spiro atoms. The monoisotopic (exact) mass is 438 g/mol. The van der Waals surface area contributed by atoms with Crippen LogP contribution in [-0.2, 0) is 6.42 Å². The van der Waals surface area contributed by atoms with Crippen LogP contribution < -0.4 is 4.74 Å². The Morgan fingerprint density at radius 3 is 2.57 bits per heavy atom. The maximum absolute atomic E-state index is 13.4. The summed E-state index contributed by atoms with van der Waals surface area (Å²) in [5.74, 6) is 1.08. The molecule has 0 fully saturated rings. The number of carbonyl (C=O) groups excluding carboxylic acids is 1. The summed E-state index contributed by atoms with van der Waals surface area (Å²) in [6, 6.07) is 12.8. The number of ether oxygens (including phenoxy) is 1. The molecule has 0 radical (unpaired) electrons. The summed E-state index contributed by atoms with van der Waals surface area (Å²) in [5.41, 5.74) is 4.57. The van der Waals surface area contributed by atoms with Crippen LogP contribution in [0.1, 0.15) is 52.1 Å². The average Bonchev–Trinajstić information content (AvgIpc) is 3.31. The first-order chi connectivity index (χ1) is 14.4. The van der Waals surface area contributed by atoms with Gasteiger partial charge in [0.25, 0.3) is 5.91 Å². The number of carbonyl (C=O) groups is 1. The fourth-order valence-electron chi connectivity index (χ4n) is 3.62. The van der Waals surface area contributed by atoms with E-state index in [0.717, 1.165) is 38.6 Å². The molecule has 0 aliphatic rings. The fourth-order valence-corrected chi connectivity index (χ4v) is 4.71. The molecule has 0 aliphatic carbocycles. The minimum atomic E-state index is -0.0763. The Bertz CT molecular complexity index is 1220. The van der Waals surface area contributed by atoms with Gasteiger partial charge in [-0.25, -0.2) is 4.98 Å². The molecule has 4 rings (SSSR count). The van der Waals surface area contributed by atoms with Gasteiger partial charge in [0.2, 0.25) is 0 Å². The molecule has 0 bridgehead atoms. The summed E-state index contributed by atoms with van der Waals surface area (Å²) < 4.78 is 7.23. The predicted octanol–water partition coefficient (Wildman–Crippen LogP) is 6.47. The van der Waals surface area contributed by atoms with E-state index >= 15 is 0 Å². The normalized spacial score (nSPS) is 11.4. The number of nitrogens with zero attached hydrogens (tertiary/aromatic N) is 2. The molecule has 30 heavy (non-hydrogen) atoms. The summed E-state index contributed by atoms with van der Waals surface area (Å²) in [6.45, 7) is 6.28. The van der Waals surface area contributed by atoms with Crippen molar-refractivity contribution in [1.29, 1.82) is 0 Å². The summed E-state index contributed by atoms with van der Waals surface area (Å²) in [6.07, 6.45) is 0.674. The van der Waals surface area contributed by atoms with Gasteiger partial charge >= 0.3 is 0 Å². The topological polar surface area (TPSA) is 44.1 Å². The van der Waals surface area contributed by atoms with Gasteiger partial charge < -0.3 is 4.74 Å². The smallest absolute Gasteiger partial charge is 0.262 e. The Labute approximate surface area is 185 Å². The molecular formula is C24H23ClN2O2S. The molecule has 2 heterocycles. The van der Waals surface area contributed by atoms with E-state index in [9.17, 15) is 4.79 Å².